The monoisotopic (exact) mass is 224 g/mol. The molecule has 0 atom stereocenters. The van der Waals surface area contributed by atoms with Gasteiger partial charge in [0, 0.05) is 6.07 Å². The summed E-state index contributed by atoms with van der Waals surface area (Å²) < 4.78 is 24.4. The van der Waals surface area contributed by atoms with Gasteiger partial charge in [-0.1, -0.05) is 11.6 Å². The van der Waals surface area contributed by atoms with Gasteiger partial charge in [0.25, 0.3) is 6.43 Å². The van der Waals surface area contributed by atoms with Gasteiger partial charge in [0.1, 0.15) is 5.02 Å². The Bertz CT molecular complexity index is 432. The number of nitro groups is 1. The number of hydrogen-bond donors (Lipinski definition) is 1. The van der Waals surface area contributed by atoms with E-state index in [-0.39, 0.29) is 0 Å². The van der Waals surface area contributed by atoms with Crippen LogP contribution in [0.15, 0.2) is 10.9 Å². The van der Waals surface area contributed by atoms with Crippen LogP contribution in [0.2, 0.25) is 5.02 Å². The average Bonchev–Trinajstić information content (AvgIpc) is 2.01. The molecule has 14 heavy (non-hydrogen) atoms. The summed E-state index contributed by atoms with van der Waals surface area (Å²) in [5.41, 5.74) is -2.95. The molecule has 0 bridgehead atoms. The van der Waals surface area contributed by atoms with Gasteiger partial charge in [-0.05, 0) is 0 Å². The summed E-state index contributed by atoms with van der Waals surface area (Å²) in [6, 6.07) is 0.672. The highest BCUT2D eigenvalue weighted by Gasteiger charge is 2.26. The number of aromatic nitrogens is 1. The predicted octanol–water partition coefficient (Wildman–Crippen LogP) is 1.87. The minimum atomic E-state index is -3.15. The van der Waals surface area contributed by atoms with E-state index in [1.54, 1.807) is 4.98 Å². The fourth-order valence-electron chi connectivity index (χ4n) is 0.884. The zero-order valence-electron chi connectivity index (χ0n) is 6.46. The summed E-state index contributed by atoms with van der Waals surface area (Å²) in [5, 5.41) is 9.72. The van der Waals surface area contributed by atoms with Crippen LogP contribution in [0.3, 0.4) is 0 Å². The zero-order valence-corrected chi connectivity index (χ0v) is 7.22. The minimum Gasteiger partial charge on any atom is -0.315 e. The van der Waals surface area contributed by atoms with Crippen molar-refractivity contribution in [2.75, 3.05) is 0 Å². The number of alkyl halides is 2. The third-order valence-electron chi connectivity index (χ3n) is 1.40. The molecule has 1 rings (SSSR count). The Morgan fingerprint density at radius 1 is 1.57 bits per heavy atom. The van der Waals surface area contributed by atoms with Crippen LogP contribution in [0, 0.1) is 10.1 Å². The molecular formula is C6H3ClF2N2O3. The van der Waals surface area contributed by atoms with Gasteiger partial charge in [-0.15, -0.1) is 0 Å². The van der Waals surface area contributed by atoms with E-state index in [1.165, 1.54) is 0 Å². The minimum absolute atomic E-state index is 0.603. The Morgan fingerprint density at radius 3 is 2.57 bits per heavy atom. The third kappa shape index (κ3) is 1.87. The largest absolute Gasteiger partial charge is 0.315 e. The summed E-state index contributed by atoms with van der Waals surface area (Å²) in [5.74, 6) is 0. The fourth-order valence-corrected chi connectivity index (χ4v) is 1.15. The molecule has 0 amide bonds. The predicted molar refractivity (Wildman–Crippen MR) is 43.7 cm³/mol. The molecule has 8 heteroatoms. The van der Waals surface area contributed by atoms with Crippen LogP contribution in [0.1, 0.15) is 12.1 Å². The van der Waals surface area contributed by atoms with Crippen LogP contribution in [-0.4, -0.2) is 9.91 Å². The number of halogens is 3. The molecule has 0 saturated carbocycles. The van der Waals surface area contributed by atoms with Gasteiger partial charge in [0.15, 0.2) is 5.69 Å². The lowest BCUT2D eigenvalue weighted by atomic mass is 10.3. The molecule has 0 spiro atoms. The van der Waals surface area contributed by atoms with E-state index in [2.05, 4.69) is 0 Å². The molecule has 1 heterocycles. The SMILES string of the molecule is O=c1cc(Cl)c([N+](=O)[O-])c(C(F)F)[nH]1. The molecule has 0 aliphatic carbocycles. The van der Waals surface area contributed by atoms with Crippen LogP contribution in [0.25, 0.3) is 0 Å². The Labute approximate surface area is 80.5 Å². The van der Waals surface area contributed by atoms with E-state index in [4.69, 9.17) is 11.6 Å². The van der Waals surface area contributed by atoms with Crippen LogP contribution in [0.5, 0.6) is 0 Å². The summed E-state index contributed by atoms with van der Waals surface area (Å²) >= 11 is 5.28. The van der Waals surface area contributed by atoms with Gasteiger partial charge < -0.3 is 4.98 Å². The number of nitrogens with zero attached hydrogens (tertiary/aromatic N) is 1. The summed E-state index contributed by atoms with van der Waals surface area (Å²) in [4.78, 5) is 21.6. The van der Waals surface area contributed by atoms with Crippen molar-refractivity contribution in [1.82, 2.24) is 4.98 Å². The lowest BCUT2D eigenvalue weighted by Gasteiger charge is -2.01. The first-order chi connectivity index (χ1) is 6.43. The Balaban J connectivity index is 3.52. The van der Waals surface area contributed by atoms with Crippen molar-refractivity contribution in [2.24, 2.45) is 0 Å². The number of rotatable bonds is 2. The van der Waals surface area contributed by atoms with Crippen molar-refractivity contribution in [3.8, 4) is 0 Å². The highest BCUT2D eigenvalue weighted by molar-refractivity contribution is 6.32. The fraction of sp³-hybridized carbons (Fsp3) is 0.167. The maximum Gasteiger partial charge on any atom is 0.313 e. The molecule has 0 fully saturated rings. The third-order valence-corrected chi connectivity index (χ3v) is 1.69. The molecule has 1 aromatic heterocycles. The van der Waals surface area contributed by atoms with Crippen molar-refractivity contribution in [1.29, 1.82) is 0 Å². The van der Waals surface area contributed by atoms with Gasteiger partial charge in [0.2, 0.25) is 5.56 Å². The molecule has 5 nitrogen and oxygen atoms in total. The van der Waals surface area contributed by atoms with Gasteiger partial charge in [-0.2, -0.15) is 0 Å². The second kappa shape index (κ2) is 3.70. The molecule has 76 valence electrons. The number of H-pyrrole nitrogens is 1. The summed E-state index contributed by atoms with van der Waals surface area (Å²) in [6.07, 6.45) is -3.15. The Hall–Kier alpha value is -1.50. The van der Waals surface area contributed by atoms with Crippen LogP contribution in [-0.2, 0) is 0 Å². The second-order valence-corrected chi connectivity index (χ2v) is 2.71. The van der Waals surface area contributed by atoms with Crippen molar-refractivity contribution in [3.05, 3.63) is 37.3 Å². The zero-order chi connectivity index (χ0) is 10.9. The molecule has 0 saturated heterocycles. The number of hydrogen-bond acceptors (Lipinski definition) is 3. The topological polar surface area (TPSA) is 76.0 Å². The number of pyridine rings is 1. The van der Waals surface area contributed by atoms with E-state index in [0.29, 0.717) is 6.07 Å². The maximum atomic E-state index is 12.2. The lowest BCUT2D eigenvalue weighted by molar-refractivity contribution is -0.386. The van der Waals surface area contributed by atoms with Crippen LogP contribution >= 0.6 is 11.6 Å². The van der Waals surface area contributed by atoms with Gasteiger partial charge >= 0.3 is 5.69 Å². The molecule has 0 unspecified atom stereocenters. The highest BCUT2D eigenvalue weighted by atomic mass is 35.5. The normalized spacial score (nSPS) is 10.6. The average molecular weight is 225 g/mol. The van der Waals surface area contributed by atoms with E-state index in [1.807, 2.05) is 0 Å². The van der Waals surface area contributed by atoms with E-state index in [0.717, 1.165) is 0 Å². The molecular weight excluding hydrogens is 222 g/mol. The van der Waals surface area contributed by atoms with Gasteiger partial charge in [-0.25, -0.2) is 8.78 Å². The van der Waals surface area contributed by atoms with Crippen LogP contribution < -0.4 is 5.56 Å². The number of nitrogens with one attached hydrogen (secondary N) is 1. The molecule has 0 aromatic carbocycles. The quantitative estimate of drug-likeness (QED) is 0.615. The second-order valence-electron chi connectivity index (χ2n) is 2.30. The Kier molecular flexibility index (Phi) is 2.80. The standard InChI is InChI=1S/C6H3ClF2N2O3/c7-2-1-3(12)10-4(6(8)9)5(2)11(13)14/h1,6H,(H,10,12). The van der Waals surface area contributed by atoms with Crippen LogP contribution in [0.4, 0.5) is 14.5 Å². The van der Waals surface area contributed by atoms with E-state index >= 15 is 0 Å². The Morgan fingerprint density at radius 2 is 2.14 bits per heavy atom. The van der Waals surface area contributed by atoms with Gasteiger partial charge in [-0.3, -0.25) is 14.9 Å². The summed E-state index contributed by atoms with van der Waals surface area (Å²) in [6.45, 7) is 0. The lowest BCUT2D eigenvalue weighted by Crippen LogP contribution is -2.11. The van der Waals surface area contributed by atoms with Gasteiger partial charge in [0.05, 0.1) is 4.92 Å². The summed E-state index contributed by atoms with van der Waals surface area (Å²) in [7, 11) is 0. The molecule has 0 aliphatic heterocycles. The van der Waals surface area contributed by atoms with E-state index in [9.17, 15) is 23.7 Å². The molecule has 1 N–H and O–H groups in total. The smallest absolute Gasteiger partial charge is 0.313 e. The molecule has 0 radical (unpaired) electrons. The van der Waals surface area contributed by atoms with Crippen molar-refractivity contribution >= 4 is 17.3 Å². The first-order valence-corrected chi connectivity index (χ1v) is 3.66. The number of aromatic amines is 1. The van der Waals surface area contributed by atoms with Crippen molar-refractivity contribution in [2.45, 2.75) is 6.43 Å². The van der Waals surface area contributed by atoms with Crippen molar-refractivity contribution < 1.29 is 13.7 Å². The maximum absolute atomic E-state index is 12.2. The molecule has 1 aromatic rings. The van der Waals surface area contributed by atoms with E-state index < -0.39 is 33.3 Å². The first kappa shape index (κ1) is 10.6. The first-order valence-electron chi connectivity index (χ1n) is 3.28. The highest BCUT2D eigenvalue weighted by Crippen LogP contribution is 2.31. The van der Waals surface area contributed by atoms with Crippen molar-refractivity contribution in [3.63, 3.8) is 0 Å². The molecule has 0 aliphatic rings.